The normalized spacial score (nSPS) is 14.5. The molecule has 2 unspecified atom stereocenters. The molecular formula is C18H25N. The van der Waals surface area contributed by atoms with Crippen molar-refractivity contribution in [3.63, 3.8) is 0 Å². The smallest absolute Gasteiger partial charge is 0.00820 e. The summed E-state index contributed by atoms with van der Waals surface area (Å²) in [5.41, 5.74) is 7.71. The van der Waals surface area contributed by atoms with Gasteiger partial charge >= 0.3 is 0 Å². The van der Waals surface area contributed by atoms with Crippen LogP contribution in [0.3, 0.4) is 0 Å². The molecule has 19 heavy (non-hydrogen) atoms. The van der Waals surface area contributed by atoms with Gasteiger partial charge in [-0.3, -0.25) is 0 Å². The molecule has 0 saturated heterocycles. The molecule has 0 bridgehead atoms. The van der Waals surface area contributed by atoms with E-state index in [1.807, 2.05) is 0 Å². The van der Waals surface area contributed by atoms with Gasteiger partial charge in [-0.2, -0.15) is 0 Å². The van der Waals surface area contributed by atoms with E-state index in [2.05, 4.69) is 56.3 Å². The summed E-state index contributed by atoms with van der Waals surface area (Å²) in [6, 6.07) is 15.4. The molecule has 2 N–H and O–H groups in total. The molecule has 102 valence electrons. The van der Waals surface area contributed by atoms with E-state index in [1.165, 1.54) is 29.2 Å². The summed E-state index contributed by atoms with van der Waals surface area (Å²) in [5.74, 6) is 0.731. The van der Waals surface area contributed by atoms with Gasteiger partial charge < -0.3 is 5.73 Å². The second kappa shape index (κ2) is 6.72. The monoisotopic (exact) mass is 255 g/mol. The van der Waals surface area contributed by atoms with Crippen molar-refractivity contribution in [3.05, 3.63) is 48.0 Å². The van der Waals surface area contributed by atoms with Crippen LogP contribution in [0.5, 0.6) is 0 Å². The first-order chi connectivity index (χ1) is 9.20. The molecule has 0 spiro atoms. The summed E-state index contributed by atoms with van der Waals surface area (Å²) < 4.78 is 0. The molecule has 0 heterocycles. The number of hydrogen-bond acceptors (Lipinski definition) is 1. The van der Waals surface area contributed by atoms with E-state index in [1.54, 1.807) is 0 Å². The van der Waals surface area contributed by atoms with Crippen LogP contribution < -0.4 is 5.73 Å². The van der Waals surface area contributed by atoms with Crippen LogP contribution in [-0.2, 0) is 6.42 Å². The van der Waals surface area contributed by atoms with Gasteiger partial charge in [-0.15, -0.1) is 0 Å². The Morgan fingerprint density at radius 3 is 2.58 bits per heavy atom. The Balaban J connectivity index is 2.08. The molecule has 0 aromatic heterocycles. The maximum Gasteiger partial charge on any atom is 0.00820 e. The largest absolute Gasteiger partial charge is 0.327 e. The molecule has 0 aliphatic rings. The summed E-state index contributed by atoms with van der Waals surface area (Å²) in [6.07, 6.45) is 4.64. The van der Waals surface area contributed by atoms with Crippen molar-refractivity contribution in [1.82, 2.24) is 0 Å². The van der Waals surface area contributed by atoms with E-state index in [4.69, 9.17) is 5.73 Å². The highest BCUT2D eigenvalue weighted by atomic mass is 14.6. The fraction of sp³-hybridized carbons (Fsp3) is 0.444. The molecular weight excluding hydrogens is 230 g/mol. The Morgan fingerprint density at radius 1 is 1.05 bits per heavy atom. The van der Waals surface area contributed by atoms with Crippen molar-refractivity contribution in [3.8, 4) is 0 Å². The summed E-state index contributed by atoms with van der Waals surface area (Å²) in [7, 11) is 0. The third-order valence-electron chi connectivity index (χ3n) is 3.85. The highest BCUT2D eigenvalue weighted by Gasteiger charge is 2.10. The molecule has 2 aromatic rings. The van der Waals surface area contributed by atoms with E-state index in [9.17, 15) is 0 Å². The van der Waals surface area contributed by atoms with Crippen molar-refractivity contribution in [2.24, 2.45) is 11.7 Å². The maximum absolute atomic E-state index is 6.33. The molecule has 0 radical (unpaired) electrons. The highest BCUT2D eigenvalue weighted by molar-refractivity contribution is 5.85. The van der Waals surface area contributed by atoms with E-state index in [0.717, 1.165) is 18.8 Å². The first-order valence-corrected chi connectivity index (χ1v) is 7.43. The molecule has 0 amide bonds. The van der Waals surface area contributed by atoms with Crippen LogP contribution in [0.4, 0.5) is 0 Å². The molecule has 0 aliphatic carbocycles. The lowest BCUT2D eigenvalue weighted by atomic mass is 9.92. The summed E-state index contributed by atoms with van der Waals surface area (Å²) >= 11 is 0. The van der Waals surface area contributed by atoms with E-state index < -0.39 is 0 Å². The Labute approximate surface area is 116 Å². The van der Waals surface area contributed by atoms with Crippen molar-refractivity contribution in [2.45, 2.75) is 45.6 Å². The predicted octanol–water partition coefficient (Wildman–Crippen LogP) is 4.54. The number of rotatable bonds is 6. The van der Waals surface area contributed by atoms with Gasteiger partial charge in [0, 0.05) is 6.04 Å². The molecule has 2 rings (SSSR count). The fourth-order valence-electron chi connectivity index (χ4n) is 2.96. The standard InChI is InChI=1S/C18H25N/c1-3-7-14(2)12-17(19)13-16-10-6-9-15-8-4-5-11-18(15)16/h4-6,8-11,14,17H,3,7,12-13,19H2,1-2H3. The number of hydrogen-bond donors (Lipinski definition) is 1. The number of benzene rings is 2. The third-order valence-corrected chi connectivity index (χ3v) is 3.85. The molecule has 0 fully saturated rings. The predicted molar refractivity (Wildman–Crippen MR) is 84.3 cm³/mol. The average molecular weight is 255 g/mol. The van der Waals surface area contributed by atoms with E-state index >= 15 is 0 Å². The first-order valence-electron chi connectivity index (χ1n) is 7.43. The minimum absolute atomic E-state index is 0.271. The quantitative estimate of drug-likeness (QED) is 0.806. The third kappa shape index (κ3) is 3.81. The summed E-state index contributed by atoms with van der Waals surface area (Å²) in [4.78, 5) is 0. The topological polar surface area (TPSA) is 26.0 Å². The lowest BCUT2D eigenvalue weighted by Crippen LogP contribution is -2.25. The Kier molecular flexibility index (Phi) is 4.98. The second-order valence-electron chi connectivity index (χ2n) is 5.73. The van der Waals surface area contributed by atoms with Crippen LogP contribution in [0.15, 0.2) is 42.5 Å². The zero-order valence-corrected chi connectivity index (χ0v) is 12.1. The van der Waals surface area contributed by atoms with Gasteiger partial charge in [0.2, 0.25) is 0 Å². The van der Waals surface area contributed by atoms with Gasteiger partial charge in [0.1, 0.15) is 0 Å². The van der Waals surface area contributed by atoms with Crippen molar-refractivity contribution >= 4 is 10.8 Å². The SMILES string of the molecule is CCCC(C)CC(N)Cc1cccc2ccccc12. The molecule has 1 heteroatoms. The van der Waals surface area contributed by atoms with Gasteiger partial charge in [0.05, 0.1) is 0 Å². The Bertz CT molecular complexity index is 513. The molecule has 2 atom stereocenters. The van der Waals surface area contributed by atoms with Crippen LogP contribution in [0.1, 0.15) is 38.7 Å². The number of fused-ring (bicyclic) bond motifs is 1. The van der Waals surface area contributed by atoms with Gasteiger partial charge in [0.25, 0.3) is 0 Å². The fourth-order valence-corrected chi connectivity index (χ4v) is 2.96. The minimum atomic E-state index is 0.271. The van der Waals surface area contributed by atoms with E-state index in [-0.39, 0.29) is 6.04 Å². The van der Waals surface area contributed by atoms with Gasteiger partial charge in [-0.1, -0.05) is 69.2 Å². The molecule has 0 saturated carbocycles. The average Bonchev–Trinajstić information content (AvgIpc) is 2.39. The van der Waals surface area contributed by atoms with Crippen LogP contribution in [-0.4, -0.2) is 6.04 Å². The first kappa shape index (κ1) is 14.1. The molecule has 2 aromatic carbocycles. The lowest BCUT2D eigenvalue weighted by molar-refractivity contribution is 0.432. The summed E-state index contributed by atoms with van der Waals surface area (Å²) in [5, 5.41) is 2.66. The Hall–Kier alpha value is -1.34. The van der Waals surface area contributed by atoms with Gasteiger partial charge in [0.15, 0.2) is 0 Å². The highest BCUT2D eigenvalue weighted by Crippen LogP contribution is 2.21. The van der Waals surface area contributed by atoms with E-state index in [0.29, 0.717) is 0 Å². The van der Waals surface area contributed by atoms with Crippen molar-refractivity contribution in [1.29, 1.82) is 0 Å². The zero-order valence-electron chi connectivity index (χ0n) is 12.1. The van der Waals surface area contributed by atoms with Crippen molar-refractivity contribution in [2.75, 3.05) is 0 Å². The Morgan fingerprint density at radius 2 is 1.79 bits per heavy atom. The lowest BCUT2D eigenvalue weighted by Gasteiger charge is -2.17. The van der Waals surface area contributed by atoms with Crippen LogP contribution in [0.25, 0.3) is 10.8 Å². The summed E-state index contributed by atoms with van der Waals surface area (Å²) in [6.45, 7) is 4.55. The number of nitrogens with two attached hydrogens (primary N) is 1. The van der Waals surface area contributed by atoms with Crippen LogP contribution >= 0.6 is 0 Å². The van der Waals surface area contributed by atoms with Crippen molar-refractivity contribution < 1.29 is 0 Å². The van der Waals surface area contributed by atoms with Gasteiger partial charge in [-0.05, 0) is 35.1 Å². The van der Waals surface area contributed by atoms with Crippen LogP contribution in [0, 0.1) is 5.92 Å². The second-order valence-corrected chi connectivity index (χ2v) is 5.73. The van der Waals surface area contributed by atoms with Crippen LogP contribution in [0.2, 0.25) is 0 Å². The molecule has 0 aliphatic heterocycles. The minimum Gasteiger partial charge on any atom is -0.327 e. The molecule has 1 nitrogen and oxygen atoms in total. The van der Waals surface area contributed by atoms with Gasteiger partial charge in [-0.25, -0.2) is 0 Å². The zero-order chi connectivity index (χ0) is 13.7. The maximum atomic E-state index is 6.33.